The van der Waals surface area contributed by atoms with Crippen LogP contribution in [0.1, 0.15) is 46.7 Å². The van der Waals surface area contributed by atoms with Gasteiger partial charge in [0.05, 0.1) is 18.6 Å². The van der Waals surface area contributed by atoms with E-state index in [1.54, 1.807) is 11.3 Å². The number of carbonyl (C=O) groups is 1. The lowest BCUT2D eigenvalue weighted by atomic mass is 10.1. The van der Waals surface area contributed by atoms with E-state index >= 15 is 0 Å². The van der Waals surface area contributed by atoms with Gasteiger partial charge >= 0.3 is 0 Å². The smallest absolute Gasteiger partial charge is 0.226 e. The molecule has 22 heavy (non-hydrogen) atoms. The Bertz CT molecular complexity index is 638. The highest BCUT2D eigenvalue weighted by Gasteiger charge is 2.31. The molecule has 2 aromatic rings. The van der Waals surface area contributed by atoms with Crippen molar-refractivity contribution in [2.45, 2.75) is 38.3 Å². The lowest BCUT2D eigenvalue weighted by Crippen LogP contribution is -2.31. The fraction of sp³-hybridized carbons (Fsp3) is 0.389. The Morgan fingerprint density at radius 2 is 2.09 bits per heavy atom. The molecule has 2 atom stereocenters. The van der Waals surface area contributed by atoms with Gasteiger partial charge in [-0.25, -0.2) is 0 Å². The number of amides is 1. The molecule has 0 spiro atoms. The van der Waals surface area contributed by atoms with Gasteiger partial charge in [-0.3, -0.25) is 4.79 Å². The van der Waals surface area contributed by atoms with E-state index in [-0.39, 0.29) is 18.4 Å². The van der Waals surface area contributed by atoms with Crippen molar-refractivity contribution in [2.24, 2.45) is 0 Å². The Balaban J connectivity index is 1.69. The number of carbonyl (C=O) groups excluding carboxylic acids is 1. The molecule has 1 fully saturated rings. The second-order valence-corrected chi connectivity index (χ2v) is 7.14. The molecule has 1 aliphatic rings. The predicted octanol–water partition coefficient (Wildman–Crippen LogP) is 3.84. The van der Waals surface area contributed by atoms with Crippen molar-refractivity contribution in [3.8, 4) is 0 Å². The summed E-state index contributed by atoms with van der Waals surface area (Å²) in [4.78, 5) is 17.1. The first kappa shape index (κ1) is 15.3. The standard InChI is InChI=1S/C18H21NO2S/c1-13-9-10-17(22-13)15-8-5-11-19(15)18(21)12-16(20)14-6-3-2-4-7-14/h2-4,6-7,9-10,15-16,20H,5,8,11-12H2,1H3. The minimum Gasteiger partial charge on any atom is -0.388 e. The number of hydrogen-bond donors (Lipinski definition) is 1. The summed E-state index contributed by atoms with van der Waals surface area (Å²) >= 11 is 1.77. The van der Waals surface area contributed by atoms with Crippen molar-refractivity contribution in [2.75, 3.05) is 6.54 Å². The molecule has 1 aromatic carbocycles. The van der Waals surface area contributed by atoms with Crippen LogP contribution < -0.4 is 0 Å². The van der Waals surface area contributed by atoms with Crippen molar-refractivity contribution in [1.82, 2.24) is 4.90 Å². The normalized spacial score (nSPS) is 19.4. The summed E-state index contributed by atoms with van der Waals surface area (Å²) in [6.07, 6.45) is 1.49. The fourth-order valence-corrected chi connectivity index (χ4v) is 4.09. The van der Waals surface area contributed by atoms with Gasteiger partial charge in [0.2, 0.25) is 5.91 Å². The molecule has 0 saturated carbocycles. The average molecular weight is 315 g/mol. The minimum atomic E-state index is -0.722. The largest absolute Gasteiger partial charge is 0.388 e. The van der Waals surface area contributed by atoms with Crippen LogP contribution in [-0.4, -0.2) is 22.5 Å². The lowest BCUT2D eigenvalue weighted by molar-refractivity contribution is -0.134. The zero-order chi connectivity index (χ0) is 15.5. The first-order valence-electron chi connectivity index (χ1n) is 7.74. The van der Waals surface area contributed by atoms with Crippen LogP contribution >= 0.6 is 11.3 Å². The van der Waals surface area contributed by atoms with Gasteiger partial charge in [0, 0.05) is 16.3 Å². The molecule has 0 bridgehead atoms. The molecule has 116 valence electrons. The minimum absolute atomic E-state index is 0.0462. The maximum Gasteiger partial charge on any atom is 0.226 e. The average Bonchev–Trinajstić information content (AvgIpc) is 3.16. The molecule has 1 N–H and O–H groups in total. The third-order valence-corrected chi connectivity index (χ3v) is 5.32. The molecule has 2 heterocycles. The van der Waals surface area contributed by atoms with Crippen LogP contribution in [0.2, 0.25) is 0 Å². The summed E-state index contributed by atoms with van der Waals surface area (Å²) < 4.78 is 0. The Hall–Kier alpha value is -1.65. The summed E-state index contributed by atoms with van der Waals surface area (Å²) in [5, 5.41) is 10.3. The highest BCUT2D eigenvalue weighted by atomic mass is 32.1. The maximum atomic E-state index is 12.6. The molecular formula is C18H21NO2S. The SMILES string of the molecule is Cc1ccc(C2CCCN2C(=O)CC(O)c2ccccc2)s1. The number of aliphatic hydroxyl groups is 1. The molecule has 0 radical (unpaired) electrons. The molecule has 1 aliphatic heterocycles. The number of benzene rings is 1. The summed E-state index contributed by atoms with van der Waals surface area (Å²) in [6.45, 7) is 2.89. The highest BCUT2D eigenvalue weighted by Crippen LogP contribution is 2.36. The van der Waals surface area contributed by atoms with Gasteiger partial charge in [0.25, 0.3) is 0 Å². The zero-order valence-corrected chi connectivity index (χ0v) is 13.6. The van der Waals surface area contributed by atoms with Gasteiger partial charge in [0.1, 0.15) is 0 Å². The second-order valence-electron chi connectivity index (χ2n) is 5.82. The first-order valence-corrected chi connectivity index (χ1v) is 8.55. The summed E-state index contributed by atoms with van der Waals surface area (Å²) in [5.74, 6) is 0.0462. The molecule has 3 nitrogen and oxygen atoms in total. The topological polar surface area (TPSA) is 40.5 Å². The number of aliphatic hydroxyl groups excluding tert-OH is 1. The second kappa shape index (κ2) is 6.63. The van der Waals surface area contributed by atoms with E-state index in [9.17, 15) is 9.90 Å². The third kappa shape index (κ3) is 3.23. The van der Waals surface area contributed by atoms with Gasteiger partial charge in [-0.15, -0.1) is 11.3 Å². The number of likely N-dealkylation sites (tertiary alicyclic amines) is 1. The molecule has 1 amide bonds. The van der Waals surface area contributed by atoms with Crippen LogP contribution in [0.4, 0.5) is 0 Å². The van der Waals surface area contributed by atoms with Crippen molar-refractivity contribution in [3.63, 3.8) is 0 Å². The zero-order valence-electron chi connectivity index (χ0n) is 12.7. The number of rotatable bonds is 4. The van der Waals surface area contributed by atoms with Crippen LogP contribution in [0.15, 0.2) is 42.5 Å². The lowest BCUT2D eigenvalue weighted by Gasteiger charge is -2.25. The van der Waals surface area contributed by atoms with E-state index in [1.165, 1.54) is 9.75 Å². The van der Waals surface area contributed by atoms with Gasteiger partial charge in [0.15, 0.2) is 0 Å². The van der Waals surface area contributed by atoms with E-state index < -0.39 is 6.10 Å². The van der Waals surface area contributed by atoms with Crippen LogP contribution in [0.25, 0.3) is 0 Å². The summed E-state index contributed by atoms with van der Waals surface area (Å²) in [7, 11) is 0. The fourth-order valence-electron chi connectivity index (χ4n) is 3.07. The molecule has 1 saturated heterocycles. The van der Waals surface area contributed by atoms with Crippen LogP contribution in [0, 0.1) is 6.92 Å². The predicted molar refractivity (Wildman–Crippen MR) is 88.8 cm³/mol. The van der Waals surface area contributed by atoms with E-state index in [1.807, 2.05) is 35.2 Å². The van der Waals surface area contributed by atoms with Crippen molar-refractivity contribution < 1.29 is 9.90 Å². The first-order chi connectivity index (χ1) is 10.6. The highest BCUT2D eigenvalue weighted by molar-refractivity contribution is 7.12. The van der Waals surface area contributed by atoms with Gasteiger partial charge in [-0.05, 0) is 37.5 Å². The Morgan fingerprint density at radius 3 is 2.77 bits per heavy atom. The molecule has 0 aliphatic carbocycles. The van der Waals surface area contributed by atoms with E-state index in [0.29, 0.717) is 0 Å². The van der Waals surface area contributed by atoms with Gasteiger partial charge < -0.3 is 10.0 Å². The van der Waals surface area contributed by atoms with Crippen LogP contribution in [0.3, 0.4) is 0 Å². The van der Waals surface area contributed by atoms with Crippen molar-refractivity contribution in [1.29, 1.82) is 0 Å². The van der Waals surface area contributed by atoms with E-state index in [4.69, 9.17) is 0 Å². The van der Waals surface area contributed by atoms with E-state index in [2.05, 4.69) is 19.1 Å². The number of thiophene rings is 1. The summed E-state index contributed by atoms with van der Waals surface area (Å²) in [5.41, 5.74) is 0.804. The van der Waals surface area contributed by atoms with Crippen LogP contribution in [0.5, 0.6) is 0 Å². The molecule has 3 rings (SSSR count). The van der Waals surface area contributed by atoms with E-state index in [0.717, 1.165) is 24.9 Å². The molecular weight excluding hydrogens is 294 g/mol. The number of hydrogen-bond acceptors (Lipinski definition) is 3. The monoisotopic (exact) mass is 315 g/mol. The quantitative estimate of drug-likeness (QED) is 0.931. The molecule has 4 heteroatoms. The van der Waals surface area contributed by atoms with Gasteiger partial charge in [-0.1, -0.05) is 30.3 Å². The Kier molecular flexibility index (Phi) is 4.60. The number of aryl methyl sites for hydroxylation is 1. The number of nitrogens with zero attached hydrogens (tertiary/aromatic N) is 1. The summed E-state index contributed by atoms with van der Waals surface area (Å²) in [6, 6.07) is 13.8. The van der Waals surface area contributed by atoms with Gasteiger partial charge in [-0.2, -0.15) is 0 Å². The Morgan fingerprint density at radius 1 is 1.32 bits per heavy atom. The third-order valence-electron chi connectivity index (χ3n) is 4.22. The van der Waals surface area contributed by atoms with Crippen LogP contribution in [-0.2, 0) is 4.79 Å². The molecule has 2 unspecified atom stereocenters. The van der Waals surface area contributed by atoms with Crippen molar-refractivity contribution >= 4 is 17.2 Å². The Labute approximate surface area is 135 Å². The molecule has 1 aromatic heterocycles. The van der Waals surface area contributed by atoms with Crippen molar-refractivity contribution in [3.05, 3.63) is 57.8 Å². The maximum absolute atomic E-state index is 12.6.